The molecule has 2 aromatic heterocycles. The van der Waals surface area contributed by atoms with E-state index in [9.17, 15) is 14.7 Å². The lowest BCUT2D eigenvalue weighted by molar-refractivity contribution is -0.146. The van der Waals surface area contributed by atoms with E-state index in [0.717, 1.165) is 16.9 Å². The van der Waals surface area contributed by atoms with Crippen molar-refractivity contribution in [2.24, 2.45) is 0 Å². The van der Waals surface area contributed by atoms with Crippen molar-refractivity contribution in [2.45, 2.75) is 39.2 Å². The molecule has 0 amide bonds. The van der Waals surface area contributed by atoms with Crippen molar-refractivity contribution in [3.8, 4) is 0 Å². The van der Waals surface area contributed by atoms with Crippen LogP contribution in [0.4, 0.5) is 0 Å². The molecule has 3 aromatic rings. The Morgan fingerprint density at radius 1 is 1.28 bits per heavy atom. The topological polar surface area (TPSA) is 72.2 Å². The second-order valence-corrected chi connectivity index (χ2v) is 7.60. The van der Waals surface area contributed by atoms with E-state index in [1.165, 1.54) is 29.8 Å². The summed E-state index contributed by atoms with van der Waals surface area (Å²) in [6, 6.07) is 11.5. The number of fused-ring (bicyclic) bond motifs is 1. The van der Waals surface area contributed by atoms with Gasteiger partial charge in [0.25, 0.3) is 5.56 Å². The van der Waals surface area contributed by atoms with Gasteiger partial charge in [0.2, 0.25) is 0 Å². The number of aliphatic carboxylic acids is 1. The number of aryl methyl sites for hydroxylation is 1. The highest BCUT2D eigenvalue weighted by atomic mass is 32.1. The number of carbonyl (C=O) groups is 1. The zero-order valence-electron chi connectivity index (χ0n) is 14.4. The predicted molar refractivity (Wildman–Crippen MR) is 99.5 cm³/mol. The molecule has 0 atom stereocenters. The van der Waals surface area contributed by atoms with E-state index in [1.807, 2.05) is 43.3 Å². The first-order valence-electron chi connectivity index (χ1n) is 8.16. The molecule has 0 bridgehead atoms. The third-order valence-electron chi connectivity index (χ3n) is 4.32. The Morgan fingerprint density at radius 2 is 1.96 bits per heavy atom. The van der Waals surface area contributed by atoms with Crippen molar-refractivity contribution in [3.05, 3.63) is 63.0 Å². The number of rotatable bonds is 5. The van der Waals surface area contributed by atoms with Gasteiger partial charge in [0.05, 0.1) is 5.39 Å². The van der Waals surface area contributed by atoms with E-state index in [4.69, 9.17) is 0 Å². The van der Waals surface area contributed by atoms with Crippen molar-refractivity contribution >= 4 is 27.5 Å². The Bertz CT molecular complexity index is 987. The molecule has 0 saturated carbocycles. The minimum atomic E-state index is -1.38. The van der Waals surface area contributed by atoms with Crippen LogP contribution in [0, 0.1) is 0 Å². The van der Waals surface area contributed by atoms with Crippen molar-refractivity contribution < 1.29 is 9.90 Å². The van der Waals surface area contributed by atoms with Gasteiger partial charge in [-0.2, -0.15) is 0 Å². The molecule has 5 nitrogen and oxygen atoms in total. The highest BCUT2D eigenvalue weighted by Crippen LogP contribution is 2.25. The minimum absolute atomic E-state index is 0.292. The van der Waals surface area contributed by atoms with Crippen LogP contribution in [-0.2, 0) is 23.2 Å². The maximum absolute atomic E-state index is 13.1. The molecule has 3 rings (SSSR count). The molecule has 25 heavy (non-hydrogen) atoms. The van der Waals surface area contributed by atoms with E-state index >= 15 is 0 Å². The first-order chi connectivity index (χ1) is 11.8. The number of carboxylic acid groups (broad SMARTS) is 1. The Hall–Kier alpha value is -2.47. The summed E-state index contributed by atoms with van der Waals surface area (Å²) >= 11 is 1.49. The Morgan fingerprint density at radius 3 is 2.56 bits per heavy atom. The molecule has 130 valence electrons. The highest BCUT2D eigenvalue weighted by Gasteiger charge is 2.34. The fourth-order valence-corrected chi connectivity index (χ4v) is 3.79. The van der Waals surface area contributed by atoms with E-state index in [2.05, 4.69) is 4.98 Å². The first kappa shape index (κ1) is 17.4. The van der Waals surface area contributed by atoms with Crippen molar-refractivity contribution in [1.82, 2.24) is 9.55 Å². The first-order valence-corrected chi connectivity index (χ1v) is 8.98. The van der Waals surface area contributed by atoms with Crippen LogP contribution >= 0.6 is 11.3 Å². The van der Waals surface area contributed by atoms with E-state index < -0.39 is 11.5 Å². The number of benzene rings is 1. The molecule has 0 unspecified atom stereocenters. The number of hydrogen-bond donors (Lipinski definition) is 1. The summed E-state index contributed by atoms with van der Waals surface area (Å²) in [5.74, 6) is -0.586. The standard InChI is InChI=1S/C19H20N2O3S/c1-4-13-11-14-16(25-13)20-15(10-12-8-6-5-7-9-12)21(17(14)22)19(2,3)18(23)24/h5-9,11H,4,10H2,1-3H3,(H,23,24). The van der Waals surface area contributed by atoms with Crippen molar-refractivity contribution in [1.29, 1.82) is 0 Å². The van der Waals surface area contributed by atoms with Gasteiger partial charge in [0, 0.05) is 11.3 Å². The highest BCUT2D eigenvalue weighted by molar-refractivity contribution is 7.18. The minimum Gasteiger partial charge on any atom is -0.480 e. The predicted octanol–water partition coefficient (Wildman–Crippen LogP) is 3.43. The lowest BCUT2D eigenvalue weighted by Gasteiger charge is -2.25. The van der Waals surface area contributed by atoms with Crippen LogP contribution in [0.5, 0.6) is 0 Å². The molecule has 0 spiro atoms. The molecule has 0 fully saturated rings. The Kier molecular flexibility index (Phi) is 4.47. The summed E-state index contributed by atoms with van der Waals surface area (Å²) < 4.78 is 1.33. The summed E-state index contributed by atoms with van der Waals surface area (Å²) in [5, 5.41) is 10.1. The molecule has 0 radical (unpaired) electrons. The van der Waals surface area contributed by atoms with Gasteiger partial charge in [0.15, 0.2) is 0 Å². The smallest absolute Gasteiger partial charge is 0.329 e. The Balaban J connectivity index is 2.28. The Labute approximate surface area is 149 Å². The van der Waals surface area contributed by atoms with Crippen LogP contribution in [0.2, 0.25) is 0 Å². The van der Waals surface area contributed by atoms with Gasteiger partial charge in [-0.25, -0.2) is 9.78 Å². The summed E-state index contributed by atoms with van der Waals surface area (Å²) in [4.78, 5) is 31.3. The van der Waals surface area contributed by atoms with Gasteiger partial charge >= 0.3 is 5.97 Å². The quantitative estimate of drug-likeness (QED) is 0.760. The van der Waals surface area contributed by atoms with Gasteiger partial charge < -0.3 is 5.11 Å². The largest absolute Gasteiger partial charge is 0.480 e. The fourth-order valence-electron chi connectivity index (χ4n) is 2.82. The van der Waals surface area contributed by atoms with Crippen LogP contribution in [0.25, 0.3) is 10.2 Å². The van der Waals surface area contributed by atoms with Crippen molar-refractivity contribution in [3.63, 3.8) is 0 Å². The number of thiophene rings is 1. The van der Waals surface area contributed by atoms with Crippen LogP contribution < -0.4 is 5.56 Å². The molecular formula is C19H20N2O3S. The number of nitrogens with zero attached hydrogens (tertiary/aromatic N) is 2. The number of aromatic nitrogens is 2. The molecule has 0 aliphatic rings. The van der Waals surface area contributed by atoms with Gasteiger partial charge in [0.1, 0.15) is 16.2 Å². The van der Waals surface area contributed by atoms with Gasteiger partial charge in [-0.15, -0.1) is 11.3 Å². The molecular weight excluding hydrogens is 336 g/mol. The van der Waals surface area contributed by atoms with Crippen LogP contribution in [-0.4, -0.2) is 20.6 Å². The molecule has 0 aliphatic carbocycles. The summed E-state index contributed by atoms with van der Waals surface area (Å²) in [6.07, 6.45) is 1.22. The lowest BCUT2D eigenvalue weighted by Crippen LogP contribution is -2.44. The van der Waals surface area contributed by atoms with Crippen LogP contribution in [0.3, 0.4) is 0 Å². The third kappa shape index (κ3) is 3.09. The molecule has 0 aliphatic heterocycles. The monoisotopic (exact) mass is 356 g/mol. The number of carboxylic acids is 1. The molecule has 1 N–H and O–H groups in total. The molecule has 0 saturated heterocycles. The molecule has 2 heterocycles. The second kappa shape index (κ2) is 6.44. The van der Waals surface area contributed by atoms with Crippen LogP contribution in [0.15, 0.2) is 41.2 Å². The van der Waals surface area contributed by atoms with Crippen LogP contribution in [0.1, 0.15) is 37.0 Å². The van der Waals surface area contributed by atoms with E-state index in [0.29, 0.717) is 22.5 Å². The third-order valence-corrected chi connectivity index (χ3v) is 5.49. The molecule has 1 aromatic carbocycles. The molecule has 6 heteroatoms. The van der Waals surface area contributed by atoms with Gasteiger partial charge in [-0.05, 0) is 31.9 Å². The lowest BCUT2D eigenvalue weighted by atomic mass is 10.0. The zero-order chi connectivity index (χ0) is 18.2. The van der Waals surface area contributed by atoms with E-state index in [-0.39, 0.29) is 5.56 Å². The average Bonchev–Trinajstić information content (AvgIpc) is 2.99. The number of hydrogen-bond acceptors (Lipinski definition) is 4. The second-order valence-electron chi connectivity index (χ2n) is 6.48. The van der Waals surface area contributed by atoms with Gasteiger partial charge in [-0.3, -0.25) is 9.36 Å². The van der Waals surface area contributed by atoms with E-state index in [1.54, 1.807) is 0 Å². The van der Waals surface area contributed by atoms with Gasteiger partial charge in [-0.1, -0.05) is 37.3 Å². The SMILES string of the molecule is CCc1cc2c(=O)n(C(C)(C)C(=O)O)c(Cc3ccccc3)nc2s1. The summed E-state index contributed by atoms with van der Waals surface area (Å²) in [6.45, 7) is 5.09. The van der Waals surface area contributed by atoms with Crippen molar-refractivity contribution in [2.75, 3.05) is 0 Å². The average molecular weight is 356 g/mol. The zero-order valence-corrected chi connectivity index (χ0v) is 15.3. The maximum atomic E-state index is 13.1. The summed E-state index contributed by atoms with van der Waals surface area (Å²) in [5.41, 5.74) is -0.688. The fraction of sp³-hybridized carbons (Fsp3) is 0.316. The normalized spacial score (nSPS) is 11.8. The maximum Gasteiger partial charge on any atom is 0.329 e. The summed E-state index contributed by atoms with van der Waals surface area (Å²) in [7, 11) is 0.